The van der Waals surface area contributed by atoms with Gasteiger partial charge in [0.15, 0.2) is 0 Å². The average Bonchev–Trinajstić information content (AvgIpc) is 2.36. The van der Waals surface area contributed by atoms with Crippen molar-refractivity contribution in [2.45, 2.75) is 18.7 Å². The Morgan fingerprint density at radius 2 is 1.90 bits per heavy atom. The molecule has 21 heavy (non-hydrogen) atoms. The Hall–Kier alpha value is -1.12. The second-order valence-corrected chi connectivity index (χ2v) is 9.18. The summed E-state index contributed by atoms with van der Waals surface area (Å²) in [5.41, 5.74) is 0.759. The van der Waals surface area contributed by atoms with Crippen LogP contribution in [0.15, 0.2) is 27.5 Å². The summed E-state index contributed by atoms with van der Waals surface area (Å²) >= 11 is 0. The van der Waals surface area contributed by atoms with Crippen molar-refractivity contribution in [1.29, 1.82) is 0 Å². The highest BCUT2D eigenvalue weighted by atomic mass is 32.2. The molecule has 8 heteroatoms. The highest BCUT2D eigenvalue weighted by Crippen LogP contribution is 2.21. The van der Waals surface area contributed by atoms with Gasteiger partial charge in [-0.2, -0.15) is 0 Å². The molecule has 0 aromatic heterocycles. The molecule has 0 radical (unpaired) electrons. The average molecular weight is 334 g/mol. The fourth-order valence-electron chi connectivity index (χ4n) is 1.64. The van der Waals surface area contributed by atoms with E-state index < -0.39 is 19.8 Å². The first-order valence-corrected chi connectivity index (χ1v) is 10.3. The Bertz CT molecular complexity index is 697. The van der Waals surface area contributed by atoms with Gasteiger partial charge in [-0.05, 0) is 37.6 Å². The molecule has 0 unspecified atom stereocenters. The van der Waals surface area contributed by atoms with Crippen molar-refractivity contribution in [2.24, 2.45) is 4.36 Å². The molecule has 6 nitrogen and oxygen atoms in total. The number of aryl methyl sites for hydroxylation is 1. The largest absolute Gasteiger partial charge is 0.494 e. The molecule has 0 saturated carbocycles. The lowest BCUT2D eigenvalue weighted by Gasteiger charge is -2.10. The molecule has 120 valence electrons. The minimum absolute atomic E-state index is 0.118. The number of nitrogens with zero attached hydrogens (tertiary/aromatic N) is 1. The fraction of sp³-hybridized carbons (Fsp3) is 0.538. The number of sulfonamides is 1. The molecule has 0 aliphatic heterocycles. The molecule has 1 rings (SSSR count). The summed E-state index contributed by atoms with van der Waals surface area (Å²) in [4.78, 5) is 0.178. The van der Waals surface area contributed by atoms with Crippen molar-refractivity contribution in [2.75, 3.05) is 32.2 Å². The van der Waals surface area contributed by atoms with Gasteiger partial charge >= 0.3 is 0 Å². The highest BCUT2D eigenvalue weighted by Gasteiger charge is 2.14. The minimum atomic E-state index is -3.59. The zero-order valence-corrected chi connectivity index (χ0v) is 14.4. The van der Waals surface area contributed by atoms with E-state index in [-0.39, 0.29) is 18.0 Å². The Kier molecular flexibility index (Phi) is 6.18. The number of benzene rings is 1. The third-order valence-corrected chi connectivity index (χ3v) is 4.83. The molecular weight excluding hydrogens is 312 g/mol. The van der Waals surface area contributed by atoms with Crippen molar-refractivity contribution < 1.29 is 17.4 Å². The van der Waals surface area contributed by atoms with Gasteiger partial charge in [-0.3, -0.25) is 4.21 Å². The first-order valence-electron chi connectivity index (χ1n) is 6.52. The summed E-state index contributed by atoms with van der Waals surface area (Å²) in [6.07, 6.45) is 3.02. The predicted octanol–water partition coefficient (Wildman–Crippen LogP) is 1.40. The molecule has 0 bridgehead atoms. The van der Waals surface area contributed by atoms with E-state index in [0.717, 1.165) is 5.56 Å². The van der Waals surface area contributed by atoms with Crippen LogP contribution < -0.4 is 9.46 Å². The molecule has 1 aromatic rings. The van der Waals surface area contributed by atoms with E-state index in [1.165, 1.54) is 18.6 Å². The van der Waals surface area contributed by atoms with Gasteiger partial charge in [0.1, 0.15) is 5.75 Å². The van der Waals surface area contributed by atoms with Gasteiger partial charge < -0.3 is 4.74 Å². The van der Waals surface area contributed by atoms with E-state index >= 15 is 0 Å². The van der Waals surface area contributed by atoms with Gasteiger partial charge in [0.25, 0.3) is 0 Å². The Balaban J connectivity index is 2.79. The Morgan fingerprint density at radius 1 is 1.24 bits per heavy atom. The molecule has 0 aliphatic rings. The first kappa shape index (κ1) is 17.9. The van der Waals surface area contributed by atoms with E-state index in [9.17, 15) is 12.6 Å². The normalized spacial score (nSPS) is 12.2. The number of nitrogens with one attached hydrogen (secondary N) is 1. The lowest BCUT2D eigenvalue weighted by atomic mass is 10.2. The summed E-state index contributed by atoms with van der Waals surface area (Å²) in [6.45, 7) is 4.49. The van der Waals surface area contributed by atoms with Crippen LogP contribution in [0.25, 0.3) is 0 Å². The molecule has 1 N–H and O–H groups in total. The second kappa shape index (κ2) is 7.24. The van der Waals surface area contributed by atoms with Crippen molar-refractivity contribution in [3.8, 4) is 5.75 Å². The van der Waals surface area contributed by atoms with Crippen LogP contribution in [-0.2, 0) is 19.8 Å². The van der Waals surface area contributed by atoms with Gasteiger partial charge in [-0.1, -0.05) is 0 Å². The molecule has 0 atom stereocenters. The zero-order chi connectivity index (χ0) is 16.1. The topological polar surface area (TPSA) is 84.8 Å². The Labute approximate surface area is 127 Å². The molecular formula is C13H22N2O4S2. The van der Waals surface area contributed by atoms with Gasteiger partial charge in [0.2, 0.25) is 10.0 Å². The summed E-state index contributed by atoms with van der Waals surface area (Å²) in [5, 5.41) is 0. The number of hydrogen-bond acceptors (Lipinski definition) is 5. The van der Waals surface area contributed by atoms with Crippen LogP contribution in [0.2, 0.25) is 0 Å². The van der Waals surface area contributed by atoms with Crippen LogP contribution in [0.3, 0.4) is 0 Å². The third-order valence-electron chi connectivity index (χ3n) is 2.56. The predicted molar refractivity (Wildman–Crippen MR) is 84.8 cm³/mol. The van der Waals surface area contributed by atoms with E-state index in [1.54, 1.807) is 19.1 Å². The quantitative estimate of drug-likeness (QED) is 0.764. The fourth-order valence-corrected chi connectivity index (χ4v) is 3.27. The standard InChI is InChI=1S/C13H22N2O4S2/c1-5-19-13-7-6-12(10-11(13)2)21(17,18)15-9-8-14-20(3,4)16/h6-7,10,15H,5,8-9H2,1-4H3. The maximum atomic E-state index is 12.1. The van der Waals surface area contributed by atoms with Gasteiger partial charge in [0.05, 0.1) is 18.0 Å². The van der Waals surface area contributed by atoms with Crippen LogP contribution in [0.5, 0.6) is 5.75 Å². The lowest BCUT2D eigenvalue weighted by Crippen LogP contribution is -2.26. The van der Waals surface area contributed by atoms with Gasteiger partial charge in [0, 0.05) is 28.8 Å². The Morgan fingerprint density at radius 3 is 2.43 bits per heavy atom. The smallest absolute Gasteiger partial charge is 0.240 e. The molecule has 0 aliphatic carbocycles. The second-order valence-electron chi connectivity index (χ2n) is 4.79. The summed E-state index contributed by atoms with van der Waals surface area (Å²) < 4.78 is 47.3. The monoisotopic (exact) mass is 334 g/mol. The SMILES string of the molecule is CCOc1ccc(S(=O)(=O)NCCN=S(C)(C)=O)cc1C. The van der Waals surface area contributed by atoms with E-state index in [2.05, 4.69) is 9.08 Å². The van der Waals surface area contributed by atoms with Crippen molar-refractivity contribution in [1.82, 2.24) is 4.72 Å². The highest BCUT2D eigenvalue weighted by molar-refractivity contribution is 7.92. The first-order chi connectivity index (χ1) is 9.65. The minimum Gasteiger partial charge on any atom is -0.494 e. The van der Waals surface area contributed by atoms with Crippen LogP contribution in [-0.4, -0.2) is 44.8 Å². The molecule has 0 saturated heterocycles. The van der Waals surface area contributed by atoms with E-state index in [4.69, 9.17) is 4.74 Å². The molecule has 0 heterocycles. The van der Waals surface area contributed by atoms with Crippen molar-refractivity contribution >= 4 is 19.8 Å². The molecule has 0 amide bonds. The summed E-state index contributed by atoms with van der Waals surface area (Å²) in [6, 6.07) is 4.70. The van der Waals surface area contributed by atoms with Crippen LogP contribution in [0.4, 0.5) is 0 Å². The lowest BCUT2D eigenvalue weighted by molar-refractivity contribution is 0.337. The summed E-state index contributed by atoms with van der Waals surface area (Å²) in [7, 11) is -5.79. The van der Waals surface area contributed by atoms with Gasteiger partial charge in [-0.25, -0.2) is 17.5 Å². The van der Waals surface area contributed by atoms with Crippen LogP contribution in [0, 0.1) is 6.92 Å². The van der Waals surface area contributed by atoms with Crippen molar-refractivity contribution in [3.05, 3.63) is 23.8 Å². The van der Waals surface area contributed by atoms with Crippen molar-refractivity contribution in [3.63, 3.8) is 0 Å². The molecule has 0 fully saturated rings. The summed E-state index contributed by atoms with van der Waals surface area (Å²) in [5.74, 6) is 0.670. The van der Waals surface area contributed by atoms with E-state index in [1.807, 2.05) is 6.92 Å². The number of ether oxygens (including phenoxy) is 1. The third kappa shape index (κ3) is 6.03. The number of rotatable bonds is 7. The van der Waals surface area contributed by atoms with Gasteiger partial charge in [-0.15, -0.1) is 0 Å². The van der Waals surface area contributed by atoms with E-state index in [0.29, 0.717) is 12.4 Å². The molecule has 1 aromatic carbocycles. The molecule has 0 spiro atoms. The van der Waals surface area contributed by atoms with Crippen LogP contribution in [0.1, 0.15) is 12.5 Å². The van der Waals surface area contributed by atoms with Crippen LogP contribution >= 0.6 is 0 Å². The number of hydrogen-bond donors (Lipinski definition) is 1. The zero-order valence-electron chi connectivity index (χ0n) is 12.8. The maximum Gasteiger partial charge on any atom is 0.240 e. The maximum absolute atomic E-state index is 12.1.